The van der Waals surface area contributed by atoms with Gasteiger partial charge in [-0.2, -0.15) is 0 Å². The minimum Gasteiger partial charge on any atom is -0.481 e. The smallest absolute Gasteiger partial charge is 0.344 e. The molecule has 0 radical (unpaired) electrons. The molecule has 84 valence electrons. The van der Waals surface area contributed by atoms with Crippen LogP contribution in [0.2, 0.25) is 0 Å². The second-order valence-corrected chi connectivity index (χ2v) is 5.02. The highest BCUT2D eigenvalue weighted by Gasteiger charge is 2.61. The zero-order valence-corrected chi connectivity index (χ0v) is 10.4. The Morgan fingerprint density at radius 3 is 2.33 bits per heavy atom. The molecule has 0 bridgehead atoms. The predicted octanol–water partition coefficient (Wildman–Crippen LogP) is 1.79. The van der Waals surface area contributed by atoms with E-state index in [1.54, 1.807) is 6.08 Å². The Balaban J connectivity index is 2.78. The zero-order chi connectivity index (χ0) is 11.8. The van der Waals surface area contributed by atoms with Gasteiger partial charge in [0, 0.05) is 0 Å². The van der Waals surface area contributed by atoms with E-state index in [4.69, 9.17) is 5.11 Å². The number of carboxylic acids is 1. The maximum Gasteiger partial charge on any atom is 0.344 e. The molecule has 1 rings (SSSR count). The highest BCUT2D eigenvalue weighted by atomic mass is 79.9. The van der Waals surface area contributed by atoms with Crippen molar-refractivity contribution in [2.75, 3.05) is 7.11 Å². The first-order valence-corrected chi connectivity index (χ1v) is 5.30. The molecule has 0 aromatic heterocycles. The minimum atomic E-state index is -0.827. The summed E-state index contributed by atoms with van der Waals surface area (Å²) in [6, 6.07) is 0. The Morgan fingerprint density at radius 2 is 2.00 bits per heavy atom. The number of carboxylic acid groups (broad SMARTS) is 1. The van der Waals surface area contributed by atoms with Crippen molar-refractivity contribution in [3.05, 3.63) is 10.6 Å². The van der Waals surface area contributed by atoms with Crippen molar-refractivity contribution in [3.8, 4) is 0 Å². The molecule has 0 heterocycles. The number of hydrogen-bond acceptors (Lipinski definition) is 3. The Labute approximate surface area is 96.4 Å². The number of rotatable bonds is 3. The maximum atomic E-state index is 11.1. The van der Waals surface area contributed by atoms with Gasteiger partial charge in [0.2, 0.25) is 0 Å². The summed E-state index contributed by atoms with van der Waals surface area (Å²) in [5.74, 6) is -1.86. The third kappa shape index (κ3) is 2.22. The minimum absolute atomic E-state index is 0.122. The van der Waals surface area contributed by atoms with E-state index in [1.807, 2.05) is 13.8 Å². The van der Waals surface area contributed by atoms with E-state index in [0.29, 0.717) is 0 Å². The third-order valence-electron chi connectivity index (χ3n) is 2.88. The van der Waals surface area contributed by atoms with Crippen LogP contribution in [-0.2, 0) is 14.3 Å². The van der Waals surface area contributed by atoms with Crippen LogP contribution < -0.4 is 0 Å². The van der Waals surface area contributed by atoms with Crippen molar-refractivity contribution in [3.63, 3.8) is 0 Å². The van der Waals surface area contributed by atoms with Crippen molar-refractivity contribution in [1.29, 1.82) is 0 Å². The highest BCUT2D eigenvalue weighted by Crippen LogP contribution is 2.59. The summed E-state index contributed by atoms with van der Waals surface area (Å²) in [6.45, 7) is 3.73. The Bertz CT molecular complexity index is 332. The van der Waals surface area contributed by atoms with Gasteiger partial charge in [-0.25, -0.2) is 4.79 Å². The fourth-order valence-electron chi connectivity index (χ4n) is 1.78. The van der Waals surface area contributed by atoms with Gasteiger partial charge < -0.3 is 9.84 Å². The zero-order valence-electron chi connectivity index (χ0n) is 8.78. The molecule has 1 fully saturated rings. The average Bonchev–Trinajstić information content (AvgIpc) is 2.66. The number of aliphatic carboxylic acids is 1. The summed E-state index contributed by atoms with van der Waals surface area (Å²) >= 11 is 3.07. The van der Waals surface area contributed by atoms with E-state index in [9.17, 15) is 9.59 Å². The average molecular weight is 277 g/mol. The number of carbonyl (C=O) groups excluding carboxylic acids is 1. The summed E-state index contributed by atoms with van der Waals surface area (Å²) in [5.41, 5.74) is -0.293. The highest BCUT2D eigenvalue weighted by molar-refractivity contribution is 9.12. The number of ether oxygens (including phenoxy) is 1. The van der Waals surface area contributed by atoms with Crippen molar-refractivity contribution in [2.45, 2.75) is 13.8 Å². The molecule has 4 nitrogen and oxygen atoms in total. The van der Waals surface area contributed by atoms with Crippen molar-refractivity contribution >= 4 is 27.9 Å². The third-order valence-corrected chi connectivity index (χ3v) is 3.47. The van der Waals surface area contributed by atoms with Gasteiger partial charge in [0.25, 0.3) is 0 Å². The molecule has 1 N–H and O–H groups in total. The second-order valence-electron chi connectivity index (χ2n) is 4.17. The van der Waals surface area contributed by atoms with Crippen molar-refractivity contribution in [2.24, 2.45) is 17.3 Å². The second kappa shape index (κ2) is 3.96. The lowest BCUT2D eigenvalue weighted by atomic mass is 10.1. The number of allylic oxidation sites excluding steroid dienone is 1. The van der Waals surface area contributed by atoms with Gasteiger partial charge in [-0.05, 0) is 27.3 Å². The maximum absolute atomic E-state index is 11.1. The van der Waals surface area contributed by atoms with Gasteiger partial charge in [0.15, 0.2) is 0 Å². The number of hydrogen-bond donors (Lipinski definition) is 1. The molecule has 2 unspecified atom stereocenters. The van der Waals surface area contributed by atoms with Gasteiger partial charge in [-0.15, -0.1) is 0 Å². The lowest BCUT2D eigenvalue weighted by Gasteiger charge is -1.98. The molecule has 15 heavy (non-hydrogen) atoms. The fourth-order valence-corrected chi connectivity index (χ4v) is 2.23. The molecular formula is C10H13BrO4. The largest absolute Gasteiger partial charge is 0.481 e. The van der Waals surface area contributed by atoms with Gasteiger partial charge in [-0.3, -0.25) is 4.79 Å². The van der Waals surface area contributed by atoms with Crippen molar-refractivity contribution in [1.82, 2.24) is 0 Å². The molecule has 0 aliphatic heterocycles. The summed E-state index contributed by atoms with van der Waals surface area (Å²) in [7, 11) is 1.28. The molecule has 0 aromatic carbocycles. The Morgan fingerprint density at radius 1 is 1.47 bits per heavy atom. The van der Waals surface area contributed by atoms with Gasteiger partial charge >= 0.3 is 11.9 Å². The Hall–Kier alpha value is -0.840. The Kier molecular flexibility index (Phi) is 3.23. The lowest BCUT2D eigenvalue weighted by molar-refractivity contribution is -0.139. The van der Waals surface area contributed by atoms with E-state index in [2.05, 4.69) is 20.7 Å². The molecular weight excluding hydrogens is 264 g/mol. The molecule has 0 aromatic rings. The molecule has 0 spiro atoms. The van der Waals surface area contributed by atoms with Crippen LogP contribution in [0.3, 0.4) is 0 Å². The lowest BCUT2D eigenvalue weighted by Crippen LogP contribution is -2.03. The van der Waals surface area contributed by atoms with Crippen LogP contribution in [0.4, 0.5) is 0 Å². The topological polar surface area (TPSA) is 63.6 Å². The van der Waals surface area contributed by atoms with Gasteiger partial charge in [0.05, 0.1) is 17.5 Å². The van der Waals surface area contributed by atoms with E-state index in [-0.39, 0.29) is 15.8 Å². The van der Waals surface area contributed by atoms with Crippen LogP contribution in [0.5, 0.6) is 0 Å². The summed E-state index contributed by atoms with van der Waals surface area (Å²) in [4.78, 5) is 21.9. The molecule has 0 amide bonds. The van der Waals surface area contributed by atoms with E-state index < -0.39 is 17.9 Å². The van der Waals surface area contributed by atoms with Crippen LogP contribution in [0.15, 0.2) is 10.6 Å². The number of carbonyl (C=O) groups is 2. The van der Waals surface area contributed by atoms with Crippen LogP contribution in [0, 0.1) is 17.3 Å². The summed E-state index contributed by atoms with van der Waals surface area (Å²) in [5, 5.41) is 8.91. The normalized spacial score (nSPS) is 28.4. The van der Waals surface area contributed by atoms with E-state index in [0.717, 1.165) is 0 Å². The van der Waals surface area contributed by atoms with Gasteiger partial charge in [-0.1, -0.05) is 19.9 Å². The van der Waals surface area contributed by atoms with Crippen LogP contribution in [-0.4, -0.2) is 24.2 Å². The molecule has 1 saturated carbocycles. The van der Waals surface area contributed by atoms with E-state index >= 15 is 0 Å². The first-order chi connectivity index (χ1) is 6.82. The quantitative estimate of drug-likeness (QED) is 0.631. The van der Waals surface area contributed by atoms with Crippen LogP contribution in [0.25, 0.3) is 0 Å². The fraction of sp³-hybridized carbons (Fsp3) is 0.600. The van der Waals surface area contributed by atoms with Gasteiger partial charge in [0.1, 0.15) is 0 Å². The molecule has 1 aliphatic rings. The number of halogens is 1. The van der Waals surface area contributed by atoms with E-state index in [1.165, 1.54) is 7.11 Å². The molecule has 2 atom stereocenters. The standard InChI is InChI=1S/C10H13BrO4/c1-10(2)5(7(10)8(12)13)4-6(11)9(14)15-3/h4-5,7H,1-3H3,(H,12,13)/b6-4-. The molecule has 5 heteroatoms. The summed E-state index contributed by atoms with van der Waals surface area (Å²) < 4.78 is 4.79. The van der Waals surface area contributed by atoms with Crippen molar-refractivity contribution < 1.29 is 19.4 Å². The monoisotopic (exact) mass is 276 g/mol. The first-order valence-electron chi connectivity index (χ1n) is 4.50. The SMILES string of the molecule is COC(=O)/C(Br)=C/C1C(C(=O)O)C1(C)C. The predicted molar refractivity (Wildman–Crippen MR) is 57.4 cm³/mol. The first kappa shape index (κ1) is 12.2. The summed E-state index contributed by atoms with van der Waals surface area (Å²) in [6.07, 6.45) is 1.62. The van der Waals surface area contributed by atoms with Crippen LogP contribution in [0.1, 0.15) is 13.8 Å². The number of methoxy groups -OCH3 is 1. The molecule has 0 saturated heterocycles. The molecule has 1 aliphatic carbocycles. The van der Waals surface area contributed by atoms with Crippen LogP contribution >= 0.6 is 15.9 Å². The number of esters is 1.